The fourth-order valence-corrected chi connectivity index (χ4v) is 3.38. The molecule has 3 rings (SSSR count). The second kappa shape index (κ2) is 7.75. The van der Waals surface area contributed by atoms with E-state index in [1.165, 1.54) is 0 Å². The SMILES string of the molecule is CCCCc1nc2c(N)nc3cc(C(=O)OCC)ccc3c2n1CC(C)(C)O. The van der Waals surface area contributed by atoms with Crippen molar-refractivity contribution in [2.45, 2.75) is 59.1 Å². The number of nitrogens with two attached hydrogens (primary N) is 1. The Bertz CT molecular complexity index is 1020. The highest BCUT2D eigenvalue weighted by atomic mass is 16.5. The van der Waals surface area contributed by atoms with Gasteiger partial charge in [0.2, 0.25) is 0 Å². The van der Waals surface area contributed by atoms with Gasteiger partial charge in [-0.1, -0.05) is 13.3 Å². The number of aryl methyl sites for hydroxylation is 1. The lowest BCUT2D eigenvalue weighted by molar-refractivity contribution is 0.0526. The molecular formula is C21H28N4O3. The maximum atomic E-state index is 12.1. The molecule has 0 unspecified atom stereocenters. The number of nitrogen functional groups attached to an aromatic ring is 1. The van der Waals surface area contributed by atoms with E-state index in [-0.39, 0.29) is 0 Å². The van der Waals surface area contributed by atoms with E-state index in [9.17, 15) is 9.90 Å². The molecule has 3 N–H and O–H groups in total. The maximum absolute atomic E-state index is 12.1. The molecule has 0 aliphatic rings. The largest absolute Gasteiger partial charge is 0.462 e. The van der Waals surface area contributed by atoms with E-state index in [0.29, 0.717) is 35.6 Å². The maximum Gasteiger partial charge on any atom is 0.338 e. The Morgan fingerprint density at radius 1 is 1.29 bits per heavy atom. The highest BCUT2D eigenvalue weighted by Crippen LogP contribution is 2.31. The first-order valence-corrected chi connectivity index (χ1v) is 9.73. The molecule has 7 heteroatoms. The van der Waals surface area contributed by atoms with E-state index in [4.69, 9.17) is 15.5 Å². The van der Waals surface area contributed by atoms with Crippen molar-refractivity contribution in [3.8, 4) is 0 Å². The van der Waals surface area contributed by atoms with E-state index < -0.39 is 11.6 Å². The summed E-state index contributed by atoms with van der Waals surface area (Å²) in [6.45, 7) is 8.14. The van der Waals surface area contributed by atoms with Gasteiger partial charge in [0.15, 0.2) is 5.82 Å². The Balaban J connectivity index is 2.26. The number of pyridine rings is 1. The van der Waals surface area contributed by atoms with Crippen molar-refractivity contribution < 1.29 is 14.6 Å². The lowest BCUT2D eigenvalue weighted by atomic mass is 10.1. The number of carbonyl (C=O) groups excluding carboxylic acids is 1. The number of aromatic nitrogens is 3. The molecule has 2 aromatic heterocycles. The number of aliphatic hydroxyl groups is 1. The summed E-state index contributed by atoms with van der Waals surface area (Å²) in [5.41, 5.74) is 7.81. The first-order chi connectivity index (χ1) is 13.2. The van der Waals surface area contributed by atoms with E-state index in [0.717, 1.165) is 36.0 Å². The van der Waals surface area contributed by atoms with Crippen LogP contribution in [-0.4, -0.2) is 37.8 Å². The zero-order valence-corrected chi connectivity index (χ0v) is 17.0. The second-order valence-electron chi connectivity index (χ2n) is 7.68. The molecule has 0 bridgehead atoms. The molecule has 0 aliphatic carbocycles. The molecule has 0 aliphatic heterocycles. The highest BCUT2D eigenvalue weighted by Gasteiger charge is 2.22. The average molecular weight is 384 g/mol. The standard InChI is InChI=1S/C21H28N4O3/c1-5-7-8-16-24-17-18(25(16)12-21(3,4)27)14-10-9-13(20(26)28-6-2)11-15(14)23-19(17)22/h9-11,27H,5-8,12H2,1-4H3,(H2,22,23). The first kappa shape index (κ1) is 20.1. The Morgan fingerprint density at radius 3 is 2.68 bits per heavy atom. The normalized spacial score (nSPS) is 12.0. The Morgan fingerprint density at radius 2 is 2.04 bits per heavy atom. The number of benzene rings is 1. The number of esters is 1. The predicted molar refractivity (Wildman–Crippen MR) is 110 cm³/mol. The van der Waals surface area contributed by atoms with Gasteiger partial charge in [0.05, 0.1) is 35.3 Å². The zero-order valence-electron chi connectivity index (χ0n) is 17.0. The van der Waals surface area contributed by atoms with Gasteiger partial charge < -0.3 is 20.1 Å². The lowest BCUT2D eigenvalue weighted by Crippen LogP contribution is -2.27. The molecule has 3 aromatic rings. The molecule has 0 spiro atoms. The van der Waals surface area contributed by atoms with Gasteiger partial charge in [0.1, 0.15) is 11.3 Å². The van der Waals surface area contributed by atoms with Crippen molar-refractivity contribution in [2.75, 3.05) is 12.3 Å². The minimum atomic E-state index is -0.913. The van der Waals surface area contributed by atoms with Gasteiger partial charge in [0, 0.05) is 11.8 Å². The number of hydrogen-bond acceptors (Lipinski definition) is 6. The number of hydrogen-bond donors (Lipinski definition) is 2. The third-order valence-corrected chi connectivity index (χ3v) is 4.59. The van der Waals surface area contributed by atoms with Crippen LogP contribution in [0.15, 0.2) is 18.2 Å². The van der Waals surface area contributed by atoms with E-state index in [2.05, 4.69) is 11.9 Å². The number of anilines is 1. The van der Waals surface area contributed by atoms with Crippen LogP contribution in [-0.2, 0) is 17.7 Å². The summed E-state index contributed by atoms with van der Waals surface area (Å²) >= 11 is 0. The summed E-state index contributed by atoms with van der Waals surface area (Å²) in [6.07, 6.45) is 2.83. The monoisotopic (exact) mass is 384 g/mol. The number of ether oxygens (including phenoxy) is 1. The molecule has 28 heavy (non-hydrogen) atoms. The van der Waals surface area contributed by atoms with E-state index >= 15 is 0 Å². The van der Waals surface area contributed by atoms with Gasteiger partial charge in [0.25, 0.3) is 0 Å². The Labute approximate surface area is 164 Å². The van der Waals surface area contributed by atoms with Gasteiger partial charge in [-0.05, 0) is 45.4 Å². The number of unbranched alkanes of at least 4 members (excludes halogenated alkanes) is 1. The quantitative estimate of drug-likeness (QED) is 0.605. The molecule has 2 heterocycles. The topological polar surface area (TPSA) is 103 Å². The fraction of sp³-hybridized carbons (Fsp3) is 0.476. The zero-order chi connectivity index (χ0) is 20.5. The second-order valence-corrected chi connectivity index (χ2v) is 7.68. The summed E-state index contributed by atoms with van der Waals surface area (Å²) < 4.78 is 7.12. The fourth-order valence-electron chi connectivity index (χ4n) is 3.38. The molecule has 0 atom stereocenters. The Kier molecular flexibility index (Phi) is 5.56. The van der Waals surface area contributed by atoms with Gasteiger partial charge in [-0.15, -0.1) is 0 Å². The summed E-state index contributed by atoms with van der Waals surface area (Å²) in [6, 6.07) is 5.27. The molecule has 0 fully saturated rings. The number of imidazole rings is 1. The minimum Gasteiger partial charge on any atom is -0.462 e. The van der Waals surface area contributed by atoms with E-state index in [1.807, 2.05) is 10.6 Å². The third kappa shape index (κ3) is 3.94. The van der Waals surface area contributed by atoms with Crippen molar-refractivity contribution in [3.05, 3.63) is 29.6 Å². The number of nitrogens with zero attached hydrogens (tertiary/aromatic N) is 3. The molecule has 0 amide bonds. The van der Waals surface area contributed by atoms with Crippen molar-refractivity contribution in [1.29, 1.82) is 0 Å². The average Bonchev–Trinajstić information content (AvgIpc) is 2.97. The van der Waals surface area contributed by atoms with Gasteiger partial charge >= 0.3 is 5.97 Å². The predicted octanol–water partition coefficient (Wildman–Crippen LogP) is 3.46. The van der Waals surface area contributed by atoms with E-state index in [1.54, 1.807) is 32.9 Å². The van der Waals surface area contributed by atoms with Crippen LogP contribution in [0, 0.1) is 0 Å². The molecule has 0 radical (unpaired) electrons. The van der Waals surface area contributed by atoms with Crippen LogP contribution >= 0.6 is 0 Å². The Hall–Kier alpha value is -2.67. The van der Waals surface area contributed by atoms with Gasteiger partial charge in [-0.2, -0.15) is 0 Å². The van der Waals surface area contributed by atoms with Crippen molar-refractivity contribution in [2.24, 2.45) is 0 Å². The van der Waals surface area contributed by atoms with Crippen LogP contribution in [0.3, 0.4) is 0 Å². The molecule has 0 saturated heterocycles. The van der Waals surface area contributed by atoms with Gasteiger partial charge in [-0.3, -0.25) is 0 Å². The van der Waals surface area contributed by atoms with Crippen molar-refractivity contribution in [1.82, 2.24) is 14.5 Å². The lowest BCUT2D eigenvalue weighted by Gasteiger charge is -2.20. The van der Waals surface area contributed by atoms with Gasteiger partial charge in [-0.25, -0.2) is 14.8 Å². The highest BCUT2D eigenvalue weighted by molar-refractivity contribution is 6.08. The van der Waals surface area contributed by atoms with Crippen LogP contribution in [0.1, 0.15) is 56.7 Å². The first-order valence-electron chi connectivity index (χ1n) is 9.73. The minimum absolute atomic E-state index is 0.310. The molecule has 7 nitrogen and oxygen atoms in total. The summed E-state index contributed by atoms with van der Waals surface area (Å²) in [5.74, 6) is 0.809. The summed E-state index contributed by atoms with van der Waals surface area (Å²) in [4.78, 5) is 21.3. The molecular weight excluding hydrogens is 356 g/mol. The molecule has 1 aromatic carbocycles. The van der Waals surface area contributed by atoms with Crippen LogP contribution in [0.5, 0.6) is 0 Å². The van der Waals surface area contributed by atoms with Crippen molar-refractivity contribution >= 4 is 33.7 Å². The molecule has 0 saturated carbocycles. The summed E-state index contributed by atoms with van der Waals surface area (Å²) in [5, 5.41) is 11.3. The summed E-state index contributed by atoms with van der Waals surface area (Å²) in [7, 11) is 0. The number of carbonyl (C=O) groups is 1. The smallest absolute Gasteiger partial charge is 0.338 e. The molecule has 150 valence electrons. The van der Waals surface area contributed by atoms with Crippen molar-refractivity contribution in [3.63, 3.8) is 0 Å². The third-order valence-electron chi connectivity index (χ3n) is 4.59. The van der Waals surface area contributed by atoms with Crippen LogP contribution in [0.4, 0.5) is 5.82 Å². The number of fused-ring (bicyclic) bond motifs is 3. The number of rotatable bonds is 7. The van der Waals surface area contributed by atoms with Crippen LogP contribution in [0.25, 0.3) is 21.9 Å². The van der Waals surface area contributed by atoms with Crippen LogP contribution < -0.4 is 5.73 Å². The van der Waals surface area contributed by atoms with Crippen LogP contribution in [0.2, 0.25) is 0 Å².